The number of hydrogen-bond donors (Lipinski definition) is 0. The molecule has 0 saturated heterocycles. The van der Waals surface area contributed by atoms with Gasteiger partial charge in [-0.05, 0) is 65.6 Å². The average molecular weight is 306 g/mol. The van der Waals surface area contributed by atoms with Crippen molar-refractivity contribution in [2.75, 3.05) is 13.2 Å². The predicted octanol–water partition coefficient (Wildman–Crippen LogP) is 4.04. The number of aliphatic imine (C=N–C) groups is 1. The van der Waals surface area contributed by atoms with Crippen LogP contribution in [0.2, 0.25) is 0 Å². The lowest BCUT2D eigenvalue weighted by Crippen LogP contribution is -2.43. The zero-order chi connectivity index (χ0) is 16.8. The number of carbonyl (C=O) groups is 1. The molecular weight excluding hydrogens is 280 g/mol. The van der Waals surface area contributed by atoms with Crippen LogP contribution in [0.3, 0.4) is 0 Å². The lowest BCUT2D eigenvalue weighted by Gasteiger charge is -2.30. The van der Waals surface area contributed by atoms with Crippen LogP contribution >= 0.6 is 0 Å². The largest absolute Gasteiger partial charge is 0.492 e. The van der Waals surface area contributed by atoms with Gasteiger partial charge in [0, 0.05) is 6.04 Å². The molecule has 0 spiro atoms. The molecule has 1 rings (SSSR count). The van der Waals surface area contributed by atoms with Gasteiger partial charge in [-0.1, -0.05) is 0 Å². The maximum Gasteiger partial charge on any atom is 0.410 e. The van der Waals surface area contributed by atoms with E-state index in [1.54, 1.807) is 4.90 Å². The number of carbonyl (C=O) groups excluding carboxylic acids is 1. The van der Waals surface area contributed by atoms with Gasteiger partial charge in [-0.3, -0.25) is 4.99 Å². The van der Waals surface area contributed by atoms with Gasteiger partial charge in [0.05, 0.1) is 12.2 Å². The Morgan fingerprint density at radius 3 is 2.32 bits per heavy atom. The van der Waals surface area contributed by atoms with Crippen molar-refractivity contribution in [2.24, 2.45) is 4.99 Å². The second-order valence-corrected chi connectivity index (χ2v) is 6.27. The molecule has 0 aliphatic heterocycles. The standard InChI is InChI=1S/C17H26N2O3/c1-13(2)19(16(20)22-17(3,4)5)11-12-21-15-9-7-14(18-6)8-10-15/h7-10,13H,6,11-12H2,1-5H3. The number of rotatable bonds is 6. The SMILES string of the molecule is C=Nc1ccc(OCCN(C(=O)OC(C)(C)C)C(C)C)cc1. The molecule has 1 aromatic carbocycles. The third-order valence-electron chi connectivity index (χ3n) is 2.87. The van der Waals surface area contributed by atoms with Crippen LogP contribution < -0.4 is 4.74 Å². The molecule has 22 heavy (non-hydrogen) atoms. The van der Waals surface area contributed by atoms with Crippen LogP contribution in [0.4, 0.5) is 10.5 Å². The van der Waals surface area contributed by atoms with Gasteiger partial charge >= 0.3 is 6.09 Å². The molecule has 5 nitrogen and oxygen atoms in total. The molecular formula is C17H26N2O3. The highest BCUT2D eigenvalue weighted by molar-refractivity contribution is 5.68. The quantitative estimate of drug-likeness (QED) is 0.745. The Hall–Kier alpha value is -2.04. The second kappa shape index (κ2) is 7.82. The third-order valence-corrected chi connectivity index (χ3v) is 2.87. The van der Waals surface area contributed by atoms with E-state index >= 15 is 0 Å². The number of amides is 1. The van der Waals surface area contributed by atoms with Crippen molar-refractivity contribution in [2.45, 2.75) is 46.3 Å². The fourth-order valence-electron chi connectivity index (χ4n) is 1.79. The Kier molecular flexibility index (Phi) is 6.40. The van der Waals surface area contributed by atoms with Gasteiger partial charge < -0.3 is 14.4 Å². The monoisotopic (exact) mass is 306 g/mol. The van der Waals surface area contributed by atoms with Crippen molar-refractivity contribution in [1.82, 2.24) is 4.90 Å². The van der Waals surface area contributed by atoms with Crippen LogP contribution in [0, 0.1) is 0 Å². The summed E-state index contributed by atoms with van der Waals surface area (Å²) < 4.78 is 11.1. The molecule has 5 heteroatoms. The van der Waals surface area contributed by atoms with E-state index < -0.39 is 5.60 Å². The molecule has 0 N–H and O–H groups in total. The van der Waals surface area contributed by atoms with E-state index in [0.29, 0.717) is 13.2 Å². The smallest absolute Gasteiger partial charge is 0.410 e. The summed E-state index contributed by atoms with van der Waals surface area (Å²) in [7, 11) is 0. The highest BCUT2D eigenvalue weighted by Gasteiger charge is 2.23. The molecule has 0 aliphatic carbocycles. The van der Waals surface area contributed by atoms with Crippen molar-refractivity contribution in [1.29, 1.82) is 0 Å². The Balaban J connectivity index is 2.53. The summed E-state index contributed by atoms with van der Waals surface area (Å²) >= 11 is 0. The predicted molar refractivity (Wildman–Crippen MR) is 89.2 cm³/mol. The van der Waals surface area contributed by atoms with Gasteiger partial charge in [0.15, 0.2) is 0 Å². The molecule has 0 unspecified atom stereocenters. The van der Waals surface area contributed by atoms with Crippen LogP contribution in [0.25, 0.3) is 0 Å². The van der Waals surface area contributed by atoms with Crippen molar-refractivity contribution in [3.63, 3.8) is 0 Å². The minimum atomic E-state index is -0.501. The molecule has 1 aromatic rings. The Bertz CT molecular complexity index is 490. The first-order chi connectivity index (χ1) is 10.2. The van der Waals surface area contributed by atoms with Crippen LogP contribution in [0.1, 0.15) is 34.6 Å². The minimum Gasteiger partial charge on any atom is -0.492 e. The van der Waals surface area contributed by atoms with Gasteiger partial charge in [-0.15, -0.1) is 0 Å². The molecule has 0 fully saturated rings. The summed E-state index contributed by atoms with van der Waals surface area (Å²) in [5, 5.41) is 0. The fraction of sp³-hybridized carbons (Fsp3) is 0.529. The molecule has 122 valence electrons. The van der Waals surface area contributed by atoms with Gasteiger partial charge in [0.1, 0.15) is 18.0 Å². The van der Waals surface area contributed by atoms with Crippen molar-refractivity contribution in [3.05, 3.63) is 24.3 Å². The van der Waals surface area contributed by atoms with E-state index in [2.05, 4.69) is 11.7 Å². The van der Waals surface area contributed by atoms with Crippen molar-refractivity contribution >= 4 is 18.5 Å². The van der Waals surface area contributed by atoms with Crippen LogP contribution in [0.5, 0.6) is 5.75 Å². The average Bonchev–Trinajstić information content (AvgIpc) is 2.41. The fourth-order valence-corrected chi connectivity index (χ4v) is 1.79. The van der Waals surface area contributed by atoms with Crippen molar-refractivity contribution in [3.8, 4) is 5.75 Å². The summed E-state index contributed by atoms with van der Waals surface area (Å²) in [6, 6.07) is 7.37. The van der Waals surface area contributed by atoms with E-state index in [9.17, 15) is 4.79 Å². The lowest BCUT2D eigenvalue weighted by molar-refractivity contribution is 0.0164. The summed E-state index contributed by atoms with van der Waals surface area (Å²) in [5.74, 6) is 0.736. The number of ether oxygens (including phenoxy) is 2. The number of hydrogen-bond acceptors (Lipinski definition) is 4. The zero-order valence-corrected chi connectivity index (χ0v) is 14.1. The highest BCUT2D eigenvalue weighted by atomic mass is 16.6. The van der Waals surface area contributed by atoms with Gasteiger partial charge in [-0.25, -0.2) is 4.79 Å². The Labute approximate surface area is 132 Å². The molecule has 0 bridgehead atoms. The van der Waals surface area contributed by atoms with Gasteiger partial charge in [0.25, 0.3) is 0 Å². The zero-order valence-electron chi connectivity index (χ0n) is 14.1. The normalized spacial score (nSPS) is 11.2. The van der Waals surface area contributed by atoms with Crippen molar-refractivity contribution < 1.29 is 14.3 Å². The van der Waals surface area contributed by atoms with Crippen LogP contribution in [-0.4, -0.2) is 42.5 Å². The molecule has 0 atom stereocenters. The Morgan fingerprint density at radius 1 is 1.27 bits per heavy atom. The molecule has 0 saturated carbocycles. The summed E-state index contributed by atoms with van der Waals surface area (Å²) in [4.78, 5) is 17.6. The van der Waals surface area contributed by atoms with E-state index in [0.717, 1.165) is 11.4 Å². The van der Waals surface area contributed by atoms with Gasteiger partial charge in [-0.2, -0.15) is 0 Å². The first-order valence-corrected chi connectivity index (χ1v) is 7.42. The maximum atomic E-state index is 12.2. The number of benzene rings is 1. The molecule has 0 aromatic heterocycles. The minimum absolute atomic E-state index is 0.0470. The van der Waals surface area contributed by atoms with E-state index in [-0.39, 0.29) is 12.1 Å². The molecule has 1 amide bonds. The molecule has 0 radical (unpaired) electrons. The third kappa shape index (κ3) is 6.16. The first-order valence-electron chi connectivity index (χ1n) is 7.42. The topological polar surface area (TPSA) is 51.1 Å². The second-order valence-electron chi connectivity index (χ2n) is 6.27. The highest BCUT2D eigenvalue weighted by Crippen LogP contribution is 2.17. The van der Waals surface area contributed by atoms with E-state index in [1.807, 2.05) is 58.9 Å². The summed E-state index contributed by atoms with van der Waals surface area (Å²) in [6.07, 6.45) is -0.322. The van der Waals surface area contributed by atoms with E-state index in [1.165, 1.54) is 0 Å². The van der Waals surface area contributed by atoms with E-state index in [4.69, 9.17) is 9.47 Å². The summed E-state index contributed by atoms with van der Waals surface area (Å²) in [5.41, 5.74) is 0.295. The molecule has 0 aliphatic rings. The summed E-state index contributed by atoms with van der Waals surface area (Å²) in [6.45, 7) is 13.8. The van der Waals surface area contributed by atoms with Crippen LogP contribution in [-0.2, 0) is 4.74 Å². The van der Waals surface area contributed by atoms with Gasteiger partial charge in [0.2, 0.25) is 0 Å². The van der Waals surface area contributed by atoms with Crippen LogP contribution in [0.15, 0.2) is 29.3 Å². The molecule has 0 heterocycles. The number of nitrogens with zero attached hydrogens (tertiary/aromatic N) is 2. The first kappa shape index (κ1) is 18.0. The Morgan fingerprint density at radius 2 is 1.86 bits per heavy atom. The lowest BCUT2D eigenvalue weighted by atomic mass is 10.2. The maximum absolute atomic E-state index is 12.2.